The van der Waals surface area contributed by atoms with Gasteiger partial charge in [-0.3, -0.25) is 9.89 Å². The van der Waals surface area contributed by atoms with Gasteiger partial charge in [-0.2, -0.15) is 10.1 Å². The molecule has 3 N–H and O–H groups in total. The summed E-state index contributed by atoms with van der Waals surface area (Å²) in [6.07, 6.45) is 6.88. The number of fused-ring (bicyclic) bond motifs is 3. The van der Waals surface area contributed by atoms with Crippen LogP contribution in [0.1, 0.15) is 52.4 Å². The Morgan fingerprint density at radius 3 is 2.65 bits per heavy atom. The second-order valence-electron chi connectivity index (χ2n) is 10.7. The average molecular weight is 540 g/mol. The Morgan fingerprint density at radius 1 is 1.07 bits per heavy atom. The Hall–Kier alpha value is -4.18. The summed E-state index contributed by atoms with van der Waals surface area (Å²) in [5.74, 6) is 1.24. The maximum Gasteiger partial charge on any atom is 0.257 e. The van der Waals surface area contributed by atoms with E-state index in [1.54, 1.807) is 0 Å². The van der Waals surface area contributed by atoms with Crippen LogP contribution < -0.4 is 15.5 Å². The number of H-pyrrole nitrogens is 1. The lowest BCUT2D eigenvalue weighted by atomic mass is 10.0. The number of aromatic nitrogens is 5. The summed E-state index contributed by atoms with van der Waals surface area (Å²) in [4.78, 5) is 27.7. The monoisotopic (exact) mass is 539 g/mol. The van der Waals surface area contributed by atoms with Gasteiger partial charge in [-0.1, -0.05) is 13.8 Å². The molecular formula is C30H37N9O. The topological polar surface area (TPSA) is 107 Å². The predicted molar refractivity (Wildman–Crippen MR) is 158 cm³/mol. The zero-order valence-corrected chi connectivity index (χ0v) is 23.7. The van der Waals surface area contributed by atoms with Gasteiger partial charge in [-0.25, -0.2) is 4.98 Å². The SMILES string of the molecule is CCc1n[nH]c(CC)c1NC(=O)c1ccn2c1CCc1cnc(Nc3ccc(N4CCN(C)CC4)cc3C)nc1-2. The highest BCUT2D eigenvalue weighted by Crippen LogP contribution is 2.30. The molecule has 10 heteroatoms. The molecule has 208 valence electrons. The number of carbonyl (C=O) groups is 1. The van der Waals surface area contributed by atoms with Crippen molar-refractivity contribution in [3.05, 3.63) is 70.4 Å². The number of nitrogens with one attached hydrogen (secondary N) is 3. The van der Waals surface area contributed by atoms with Gasteiger partial charge in [-0.05, 0) is 69.5 Å². The minimum atomic E-state index is -0.119. The summed E-state index contributed by atoms with van der Waals surface area (Å²) < 4.78 is 2.03. The van der Waals surface area contributed by atoms with Crippen molar-refractivity contribution >= 4 is 28.9 Å². The maximum atomic E-state index is 13.4. The lowest BCUT2D eigenvalue weighted by Gasteiger charge is -2.34. The van der Waals surface area contributed by atoms with E-state index in [1.165, 1.54) is 5.69 Å². The van der Waals surface area contributed by atoms with E-state index in [0.29, 0.717) is 11.5 Å². The highest BCUT2D eigenvalue weighted by molar-refractivity contribution is 6.06. The van der Waals surface area contributed by atoms with Crippen LogP contribution >= 0.6 is 0 Å². The molecule has 0 unspecified atom stereocenters. The molecule has 1 amide bonds. The Morgan fingerprint density at radius 2 is 1.90 bits per heavy atom. The smallest absolute Gasteiger partial charge is 0.257 e. The Balaban J connectivity index is 1.22. The van der Waals surface area contributed by atoms with Crippen molar-refractivity contribution in [2.45, 2.75) is 46.5 Å². The van der Waals surface area contributed by atoms with Gasteiger partial charge in [0.1, 0.15) is 5.82 Å². The van der Waals surface area contributed by atoms with Gasteiger partial charge in [0, 0.05) is 61.2 Å². The van der Waals surface area contributed by atoms with E-state index >= 15 is 0 Å². The third-order valence-electron chi connectivity index (χ3n) is 8.11. The number of amides is 1. The van der Waals surface area contributed by atoms with Crippen molar-refractivity contribution in [3.63, 3.8) is 0 Å². The van der Waals surface area contributed by atoms with Crippen LogP contribution in [0.3, 0.4) is 0 Å². The van der Waals surface area contributed by atoms with Crippen molar-refractivity contribution in [1.82, 2.24) is 29.6 Å². The van der Waals surface area contributed by atoms with E-state index in [0.717, 1.165) is 97.3 Å². The van der Waals surface area contributed by atoms with Gasteiger partial charge >= 0.3 is 0 Å². The van der Waals surface area contributed by atoms with E-state index in [-0.39, 0.29) is 5.91 Å². The van der Waals surface area contributed by atoms with Crippen LogP contribution in [0.15, 0.2) is 36.7 Å². The lowest BCUT2D eigenvalue weighted by Crippen LogP contribution is -2.44. The molecule has 3 aromatic heterocycles. The number of likely N-dealkylation sites (N-methyl/N-ethyl adjacent to an activating group) is 1. The first-order valence-corrected chi connectivity index (χ1v) is 14.2. The van der Waals surface area contributed by atoms with Crippen molar-refractivity contribution < 1.29 is 4.79 Å². The van der Waals surface area contributed by atoms with E-state index in [1.807, 2.05) is 30.0 Å². The Bertz CT molecular complexity index is 1520. The predicted octanol–water partition coefficient (Wildman–Crippen LogP) is 4.27. The van der Waals surface area contributed by atoms with Crippen LogP contribution in [-0.4, -0.2) is 68.8 Å². The van der Waals surface area contributed by atoms with Crippen molar-refractivity contribution in [2.24, 2.45) is 0 Å². The van der Waals surface area contributed by atoms with Crippen molar-refractivity contribution in [1.29, 1.82) is 0 Å². The molecule has 1 saturated heterocycles. The van der Waals surface area contributed by atoms with E-state index < -0.39 is 0 Å². The number of anilines is 4. The number of carbonyl (C=O) groups excluding carboxylic acids is 1. The number of nitrogens with zero attached hydrogens (tertiary/aromatic N) is 6. The van der Waals surface area contributed by atoms with Crippen LogP contribution in [0.25, 0.3) is 5.82 Å². The molecule has 0 atom stereocenters. The standard InChI is InChI=1S/C30H37N9O/c1-5-23-27(24(6-2)36-35-23)33-29(40)22-11-12-39-26(22)10-7-20-18-31-30(34-28(20)39)32-25-9-8-21(17-19(25)3)38-15-13-37(4)14-16-38/h8-9,11-12,17-18H,5-7,10,13-16H2,1-4H3,(H,33,40)(H,35,36)(H,31,32,34). The van der Waals surface area contributed by atoms with Crippen molar-refractivity contribution in [2.75, 3.05) is 48.8 Å². The van der Waals surface area contributed by atoms with Gasteiger partial charge in [0.15, 0.2) is 0 Å². The third kappa shape index (κ3) is 4.83. The molecule has 5 heterocycles. The van der Waals surface area contributed by atoms with Crippen LogP contribution in [0.2, 0.25) is 0 Å². The zero-order valence-electron chi connectivity index (χ0n) is 23.7. The number of benzene rings is 1. The van der Waals surface area contributed by atoms with Gasteiger partial charge in [0.05, 0.1) is 22.6 Å². The molecule has 0 bridgehead atoms. The number of aromatic amines is 1. The van der Waals surface area contributed by atoms with Gasteiger partial charge in [-0.15, -0.1) is 0 Å². The molecule has 4 aromatic rings. The minimum Gasteiger partial charge on any atom is -0.369 e. The van der Waals surface area contributed by atoms with Crippen LogP contribution in [0.5, 0.6) is 0 Å². The second-order valence-corrected chi connectivity index (χ2v) is 10.7. The zero-order chi connectivity index (χ0) is 27.8. The van der Waals surface area contributed by atoms with Crippen LogP contribution in [0.4, 0.5) is 23.0 Å². The van der Waals surface area contributed by atoms with Crippen LogP contribution in [0, 0.1) is 6.92 Å². The largest absolute Gasteiger partial charge is 0.369 e. The normalized spacial score (nSPS) is 15.1. The van der Waals surface area contributed by atoms with E-state index in [9.17, 15) is 4.79 Å². The van der Waals surface area contributed by atoms with E-state index in [2.05, 4.69) is 74.7 Å². The maximum absolute atomic E-state index is 13.4. The summed E-state index contributed by atoms with van der Waals surface area (Å²) >= 11 is 0. The molecule has 0 radical (unpaired) electrons. The second kappa shape index (κ2) is 10.8. The number of hydrogen-bond acceptors (Lipinski definition) is 7. The summed E-state index contributed by atoms with van der Waals surface area (Å²) in [6.45, 7) is 10.4. The van der Waals surface area contributed by atoms with Gasteiger partial charge in [0.2, 0.25) is 5.95 Å². The fourth-order valence-corrected chi connectivity index (χ4v) is 5.65. The number of hydrogen-bond donors (Lipinski definition) is 3. The molecular weight excluding hydrogens is 502 g/mol. The Kier molecular flexibility index (Phi) is 7.02. The summed E-state index contributed by atoms with van der Waals surface area (Å²) in [5.41, 5.74) is 8.70. The quantitative estimate of drug-likeness (QED) is 0.322. The molecule has 40 heavy (non-hydrogen) atoms. The fourth-order valence-electron chi connectivity index (χ4n) is 5.65. The molecule has 0 aliphatic carbocycles. The molecule has 6 rings (SSSR count). The molecule has 1 aromatic carbocycles. The van der Waals surface area contributed by atoms with Gasteiger partial charge in [0.25, 0.3) is 5.91 Å². The highest BCUT2D eigenvalue weighted by Gasteiger charge is 2.25. The van der Waals surface area contributed by atoms with Crippen LogP contribution in [-0.2, 0) is 25.7 Å². The van der Waals surface area contributed by atoms with Gasteiger partial charge < -0.3 is 25.0 Å². The first-order chi connectivity index (χ1) is 19.4. The molecule has 2 aliphatic heterocycles. The third-order valence-corrected chi connectivity index (χ3v) is 8.11. The summed E-state index contributed by atoms with van der Waals surface area (Å²) in [6, 6.07) is 8.39. The van der Waals surface area contributed by atoms with E-state index in [4.69, 9.17) is 4.98 Å². The highest BCUT2D eigenvalue weighted by atomic mass is 16.1. The number of rotatable bonds is 7. The number of aryl methyl sites for hydroxylation is 4. The average Bonchev–Trinajstić information content (AvgIpc) is 3.58. The summed E-state index contributed by atoms with van der Waals surface area (Å²) in [7, 11) is 2.17. The number of piperazine rings is 1. The molecule has 2 aliphatic rings. The lowest BCUT2D eigenvalue weighted by molar-refractivity contribution is 0.102. The molecule has 10 nitrogen and oxygen atoms in total. The first kappa shape index (κ1) is 26.1. The van der Waals surface area contributed by atoms with Crippen molar-refractivity contribution in [3.8, 4) is 5.82 Å². The summed E-state index contributed by atoms with van der Waals surface area (Å²) in [5, 5.41) is 14.0. The first-order valence-electron chi connectivity index (χ1n) is 14.2. The minimum absolute atomic E-state index is 0.119. The molecule has 0 saturated carbocycles. The fraction of sp³-hybridized carbons (Fsp3) is 0.400. The molecule has 1 fully saturated rings. The Labute approximate surface area is 234 Å². The molecule has 0 spiro atoms.